The second kappa shape index (κ2) is 7.97. The fourth-order valence-corrected chi connectivity index (χ4v) is 3.76. The van der Waals surface area contributed by atoms with Gasteiger partial charge in [-0.3, -0.25) is 14.7 Å². The number of anilines is 1. The number of pyridine rings is 3. The van der Waals surface area contributed by atoms with Crippen LogP contribution in [0.4, 0.5) is 5.69 Å². The van der Waals surface area contributed by atoms with Gasteiger partial charge in [-0.2, -0.15) is 0 Å². The molecule has 0 saturated heterocycles. The van der Waals surface area contributed by atoms with E-state index in [1.54, 1.807) is 30.5 Å². The van der Waals surface area contributed by atoms with E-state index in [9.17, 15) is 4.79 Å². The Morgan fingerprint density at radius 3 is 2.59 bits per heavy atom. The summed E-state index contributed by atoms with van der Waals surface area (Å²) in [6.45, 7) is 5.81. The monoisotopic (exact) mass is 428 g/mol. The fraction of sp³-hybridized carbons (Fsp3) is 0.280. The smallest absolute Gasteiger partial charge is 0.260 e. The van der Waals surface area contributed by atoms with Gasteiger partial charge in [0, 0.05) is 23.6 Å². The molecule has 0 bridgehead atoms. The van der Waals surface area contributed by atoms with Crippen LogP contribution in [0.3, 0.4) is 0 Å². The van der Waals surface area contributed by atoms with E-state index in [0.717, 1.165) is 16.9 Å². The highest BCUT2D eigenvalue weighted by molar-refractivity contribution is 6.10. The van der Waals surface area contributed by atoms with Crippen molar-refractivity contribution in [2.45, 2.75) is 32.2 Å². The number of fused-ring (bicyclic) bond motifs is 1. The van der Waals surface area contributed by atoms with Gasteiger partial charge in [-0.05, 0) is 51.1 Å². The molecule has 0 N–H and O–H groups in total. The molecule has 4 rings (SSSR count). The number of rotatable bonds is 5. The lowest BCUT2D eigenvalue weighted by atomic mass is 9.90. The summed E-state index contributed by atoms with van der Waals surface area (Å²) in [4.78, 5) is 28.5. The zero-order valence-electron chi connectivity index (χ0n) is 18.7. The first-order chi connectivity index (χ1) is 15.3. The number of amides is 1. The second-order valence-electron chi connectivity index (χ2n) is 8.08. The molecule has 4 heterocycles. The van der Waals surface area contributed by atoms with Crippen LogP contribution in [0.25, 0.3) is 11.3 Å². The van der Waals surface area contributed by atoms with Crippen LogP contribution in [0, 0.1) is 12.3 Å². The molecule has 0 saturated carbocycles. The Morgan fingerprint density at radius 1 is 1.12 bits per heavy atom. The van der Waals surface area contributed by atoms with Crippen molar-refractivity contribution in [2.75, 3.05) is 19.1 Å². The topological polar surface area (TPSA) is 77.4 Å². The summed E-state index contributed by atoms with van der Waals surface area (Å²) in [6.07, 6.45) is 9.03. The number of aromatic nitrogens is 3. The lowest BCUT2D eigenvalue weighted by Crippen LogP contribution is -2.27. The summed E-state index contributed by atoms with van der Waals surface area (Å²) in [7, 11) is 3.10. The third-order valence-corrected chi connectivity index (χ3v) is 5.71. The lowest BCUT2D eigenvalue weighted by molar-refractivity contribution is 0.0992. The summed E-state index contributed by atoms with van der Waals surface area (Å²) >= 11 is 0. The molecule has 3 aromatic heterocycles. The van der Waals surface area contributed by atoms with E-state index in [1.807, 2.05) is 45.0 Å². The highest BCUT2D eigenvalue weighted by atomic mass is 16.5. The molecule has 7 heteroatoms. The van der Waals surface area contributed by atoms with Gasteiger partial charge >= 0.3 is 0 Å². The number of methoxy groups -OCH3 is 2. The van der Waals surface area contributed by atoms with Crippen molar-refractivity contribution in [2.24, 2.45) is 0 Å². The van der Waals surface area contributed by atoms with Crippen molar-refractivity contribution in [3.8, 4) is 35.2 Å². The van der Waals surface area contributed by atoms with Crippen LogP contribution in [0.2, 0.25) is 0 Å². The highest BCUT2D eigenvalue weighted by Crippen LogP contribution is 2.38. The molecule has 1 unspecified atom stereocenters. The van der Waals surface area contributed by atoms with E-state index in [2.05, 4.69) is 15.9 Å². The van der Waals surface area contributed by atoms with Crippen LogP contribution in [0.1, 0.15) is 48.6 Å². The largest absolute Gasteiger partial charge is 0.491 e. The SMILES string of the molecule is C#CC(C)(C)c1cc(N2C(=O)c3ccc(-c4cnc(OC)c(OC)c4)nc3C2C)ccn1. The quantitative estimate of drug-likeness (QED) is 0.567. The molecule has 0 aliphatic carbocycles. The second-order valence-corrected chi connectivity index (χ2v) is 8.08. The third-order valence-electron chi connectivity index (χ3n) is 5.71. The van der Waals surface area contributed by atoms with Gasteiger partial charge in [0.25, 0.3) is 11.8 Å². The van der Waals surface area contributed by atoms with E-state index in [4.69, 9.17) is 20.9 Å². The number of hydrogen-bond donors (Lipinski definition) is 0. The zero-order valence-corrected chi connectivity index (χ0v) is 18.7. The van der Waals surface area contributed by atoms with Gasteiger partial charge in [0.05, 0.1) is 48.3 Å². The molecular formula is C25H24N4O3. The average molecular weight is 428 g/mol. The molecule has 32 heavy (non-hydrogen) atoms. The summed E-state index contributed by atoms with van der Waals surface area (Å²) < 4.78 is 10.6. The number of nitrogens with zero attached hydrogens (tertiary/aromatic N) is 4. The number of hydrogen-bond acceptors (Lipinski definition) is 6. The summed E-state index contributed by atoms with van der Waals surface area (Å²) in [5, 5.41) is 0. The molecule has 0 radical (unpaired) electrons. The van der Waals surface area contributed by atoms with E-state index in [-0.39, 0.29) is 11.9 Å². The molecule has 0 aromatic carbocycles. The molecule has 1 atom stereocenters. The third kappa shape index (κ3) is 3.44. The maximum atomic E-state index is 13.2. The Labute approximate surface area is 187 Å². The van der Waals surface area contributed by atoms with Crippen LogP contribution in [-0.4, -0.2) is 35.1 Å². The Morgan fingerprint density at radius 2 is 1.91 bits per heavy atom. The van der Waals surface area contributed by atoms with Crippen LogP contribution < -0.4 is 14.4 Å². The minimum atomic E-state index is -0.541. The van der Waals surface area contributed by atoms with Gasteiger partial charge in [-0.25, -0.2) is 9.97 Å². The maximum absolute atomic E-state index is 13.2. The first kappa shape index (κ1) is 21.3. The van der Waals surface area contributed by atoms with Crippen molar-refractivity contribution in [3.63, 3.8) is 0 Å². The minimum absolute atomic E-state index is 0.104. The maximum Gasteiger partial charge on any atom is 0.260 e. The molecule has 1 aliphatic rings. The van der Waals surface area contributed by atoms with Crippen LogP contribution in [-0.2, 0) is 5.41 Å². The Hall–Kier alpha value is -3.92. The first-order valence-corrected chi connectivity index (χ1v) is 10.2. The first-order valence-electron chi connectivity index (χ1n) is 10.2. The lowest BCUT2D eigenvalue weighted by Gasteiger charge is -2.24. The van der Waals surface area contributed by atoms with Crippen molar-refractivity contribution in [1.82, 2.24) is 15.0 Å². The van der Waals surface area contributed by atoms with E-state index >= 15 is 0 Å². The van der Waals surface area contributed by atoms with Crippen molar-refractivity contribution in [1.29, 1.82) is 0 Å². The zero-order chi connectivity index (χ0) is 23.0. The molecule has 7 nitrogen and oxygen atoms in total. The normalized spacial score (nSPS) is 15.3. The van der Waals surface area contributed by atoms with E-state index in [0.29, 0.717) is 28.6 Å². The van der Waals surface area contributed by atoms with Crippen molar-refractivity contribution < 1.29 is 14.3 Å². The number of terminal acetylenes is 1. The van der Waals surface area contributed by atoms with Gasteiger partial charge in [0.15, 0.2) is 5.75 Å². The number of ether oxygens (including phenoxy) is 2. The van der Waals surface area contributed by atoms with Gasteiger partial charge in [0.1, 0.15) is 0 Å². The average Bonchev–Trinajstić information content (AvgIpc) is 3.07. The minimum Gasteiger partial charge on any atom is -0.491 e. The fourth-order valence-electron chi connectivity index (χ4n) is 3.76. The number of carbonyl (C=O) groups excluding carboxylic acids is 1. The van der Waals surface area contributed by atoms with Gasteiger partial charge < -0.3 is 9.47 Å². The van der Waals surface area contributed by atoms with Crippen LogP contribution >= 0.6 is 0 Å². The molecule has 1 aliphatic heterocycles. The van der Waals surface area contributed by atoms with Crippen LogP contribution in [0.15, 0.2) is 42.7 Å². The summed E-state index contributed by atoms with van der Waals surface area (Å²) in [5.74, 6) is 3.56. The van der Waals surface area contributed by atoms with Crippen molar-refractivity contribution in [3.05, 3.63) is 59.7 Å². The Bertz CT molecular complexity index is 1250. The Balaban J connectivity index is 1.72. The molecule has 1 amide bonds. The van der Waals surface area contributed by atoms with Gasteiger partial charge in [0.2, 0.25) is 0 Å². The summed E-state index contributed by atoms with van der Waals surface area (Å²) in [5.41, 5.74) is 3.68. The van der Waals surface area contributed by atoms with Gasteiger partial charge in [-0.1, -0.05) is 5.92 Å². The number of carbonyl (C=O) groups is 1. The molecular weight excluding hydrogens is 404 g/mol. The molecule has 0 spiro atoms. The predicted octanol–water partition coefficient (Wildman–Crippen LogP) is 4.19. The van der Waals surface area contributed by atoms with E-state index < -0.39 is 5.41 Å². The van der Waals surface area contributed by atoms with Crippen LogP contribution in [0.5, 0.6) is 11.6 Å². The molecule has 0 fully saturated rings. The van der Waals surface area contributed by atoms with Gasteiger partial charge in [-0.15, -0.1) is 6.42 Å². The predicted molar refractivity (Wildman–Crippen MR) is 122 cm³/mol. The molecule has 3 aromatic rings. The standard InChI is InChI=1S/C25H24N4O3/c1-7-25(3,4)21-13-17(10-11-26-21)29-15(2)22-18(24(29)30)8-9-19(28-22)16-12-20(31-5)23(32-6)27-14-16/h1,8-15H,2-6H3. The molecule has 162 valence electrons. The summed E-state index contributed by atoms with van der Waals surface area (Å²) in [6, 6.07) is 8.87. The van der Waals surface area contributed by atoms with Crippen molar-refractivity contribution >= 4 is 11.6 Å². The Kier molecular flexibility index (Phi) is 5.31. The highest BCUT2D eigenvalue weighted by Gasteiger charge is 2.37. The van der Waals surface area contributed by atoms with E-state index in [1.165, 1.54) is 7.11 Å².